The van der Waals surface area contributed by atoms with E-state index in [2.05, 4.69) is 4.99 Å². The third-order valence-electron chi connectivity index (χ3n) is 5.26. The molecule has 0 aromatic heterocycles. The molecule has 0 bridgehead atoms. The van der Waals surface area contributed by atoms with Crippen molar-refractivity contribution in [1.82, 2.24) is 4.90 Å². The lowest BCUT2D eigenvalue weighted by Gasteiger charge is -2.32. The monoisotopic (exact) mass is 448 g/mol. The van der Waals surface area contributed by atoms with Crippen LogP contribution in [-0.4, -0.2) is 69.1 Å². The molecular formula is C22H35F3N2O4. The summed E-state index contributed by atoms with van der Waals surface area (Å²) < 4.78 is 57.6. The summed E-state index contributed by atoms with van der Waals surface area (Å²) in [5.74, 6) is -0.110. The van der Waals surface area contributed by atoms with Crippen molar-refractivity contribution in [1.29, 1.82) is 0 Å². The highest BCUT2D eigenvalue weighted by Crippen LogP contribution is 2.45. The third-order valence-corrected chi connectivity index (χ3v) is 5.26. The van der Waals surface area contributed by atoms with E-state index in [-0.39, 0.29) is 12.4 Å². The number of rotatable bonds is 12. The lowest BCUT2D eigenvalue weighted by molar-refractivity contribution is -0.282. The number of halogens is 3. The van der Waals surface area contributed by atoms with Crippen molar-refractivity contribution in [3.05, 3.63) is 23.3 Å². The first-order chi connectivity index (χ1) is 14.3. The highest BCUT2D eigenvalue weighted by molar-refractivity contribution is 5.65. The van der Waals surface area contributed by atoms with Crippen LogP contribution in [0, 0.1) is 6.92 Å². The van der Waals surface area contributed by atoms with Crippen LogP contribution in [0.2, 0.25) is 0 Å². The van der Waals surface area contributed by atoms with Crippen LogP contribution in [0.15, 0.2) is 17.1 Å². The number of aryl methyl sites for hydroxylation is 1. The number of nitrogens with zero attached hydrogens (tertiary/aromatic N) is 2. The molecule has 1 rings (SSSR count). The van der Waals surface area contributed by atoms with E-state index in [1.165, 1.54) is 19.2 Å². The van der Waals surface area contributed by atoms with Gasteiger partial charge in [0.2, 0.25) is 5.60 Å². The van der Waals surface area contributed by atoms with Gasteiger partial charge in [-0.3, -0.25) is 0 Å². The predicted octanol–water partition coefficient (Wildman–Crippen LogP) is 4.59. The van der Waals surface area contributed by atoms with Crippen molar-refractivity contribution in [2.45, 2.75) is 57.9 Å². The molecule has 1 atom stereocenters. The van der Waals surface area contributed by atoms with E-state index in [0.717, 1.165) is 6.54 Å². The van der Waals surface area contributed by atoms with Gasteiger partial charge in [0.1, 0.15) is 5.75 Å². The minimum absolute atomic E-state index is 0.0538. The Labute approximate surface area is 183 Å². The Hall–Kier alpha value is -1.84. The molecule has 1 N–H and O–H groups in total. The second-order valence-corrected chi connectivity index (χ2v) is 8.13. The molecule has 0 aliphatic heterocycles. The zero-order valence-corrected chi connectivity index (χ0v) is 19.5. The summed E-state index contributed by atoms with van der Waals surface area (Å²) in [5, 5.41) is 10.7. The molecule has 0 amide bonds. The molecule has 0 saturated carbocycles. The first-order valence-electron chi connectivity index (χ1n) is 10.2. The molecule has 0 spiro atoms. The van der Waals surface area contributed by atoms with Crippen LogP contribution < -0.4 is 4.74 Å². The Morgan fingerprint density at radius 2 is 1.84 bits per heavy atom. The molecule has 0 aliphatic carbocycles. The molecule has 0 aliphatic rings. The quantitative estimate of drug-likeness (QED) is 0.288. The number of aliphatic hydroxyl groups is 1. The van der Waals surface area contributed by atoms with Gasteiger partial charge >= 0.3 is 6.18 Å². The Morgan fingerprint density at radius 3 is 2.35 bits per heavy atom. The van der Waals surface area contributed by atoms with Crippen LogP contribution in [-0.2, 0) is 15.1 Å². The molecule has 0 radical (unpaired) electrons. The summed E-state index contributed by atoms with van der Waals surface area (Å²) in [6, 6.07) is 2.64. The molecule has 6 nitrogen and oxygen atoms in total. The standard InChI is InChI=1S/C22H35F3N2O4/c1-8-27(5)15-26-18-13-19(29-6)17(12-16(18)2)21(28,22(23,24)25)14-31-11-9-10-20(3,4)30-7/h12-13,15,28H,8-11,14H2,1-7H3. The highest BCUT2D eigenvalue weighted by atomic mass is 19.4. The SMILES string of the molecule is CCN(C)C=Nc1cc(OC)c(C(O)(COCCCC(C)(C)OC)C(F)(F)F)cc1C. The maximum Gasteiger partial charge on any atom is 0.423 e. The van der Waals surface area contributed by atoms with E-state index in [1.807, 2.05) is 32.7 Å². The Bertz CT molecular complexity index is 738. The molecule has 1 unspecified atom stereocenters. The topological polar surface area (TPSA) is 63.5 Å². The molecule has 0 heterocycles. The summed E-state index contributed by atoms with van der Waals surface area (Å²) in [5.41, 5.74) is -3.09. The van der Waals surface area contributed by atoms with Gasteiger partial charge in [-0.05, 0) is 52.2 Å². The van der Waals surface area contributed by atoms with Crippen LogP contribution in [0.3, 0.4) is 0 Å². The largest absolute Gasteiger partial charge is 0.496 e. The van der Waals surface area contributed by atoms with Gasteiger partial charge in [0, 0.05) is 38.9 Å². The first kappa shape index (κ1) is 27.2. The number of benzene rings is 1. The fourth-order valence-electron chi connectivity index (χ4n) is 2.79. The smallest absolute Gasteiger partial charge is 0.423 e. The van der Waals surface area contributed by atoms with Crippen molar-refractivity contribution in [2.24, 2.45) is 4.99 Å². The Morgan fingerprint density at radius 1 is 1.19 bits per heavy atom. The zero-order chi connectivity index (χ0) is 23.9. The molecule has 178 valence electrons. The molecule has 0 fully saturated rings. The molecule has 1 aromatic rings. The van der Waals surface area contributed by atoms with Crippen LogP contribution in [0.1, 0.15) is 44.7 Å². The first-order valence-corrected chi connectivity index (χ1v) is 10.2. The van der Waals surface area contributed by atoms with Gasteiger partial charge in [-0.1, -0.05) is 0 Å². The lowest BCUT2D eigenvalue weighted by Crippen LogP contribution is -2.46. The van der Waals surface area contributed by atoms with E-state index in [9.17, 15) is 18.3 Å². The van der Waals surface area contributed by atoms with E-state index in [1.54, 1.807) is 20.4 Å². The van der Waals surface area contributed by atoms with Gasteiger partial charge in [0.05, 0.1) is 31.3 Å². The number of aliphatic imine (C=N–C) groups is 1. The zero-order valence-electron chi connectivity index (χ0n) is 19.5. The van der Waals surface area contributed by atoms with Crippen LogP contribution >= 0.6 is 0 Å². The fraction of sp³-hybridized carbons (Fsp3) is 0.682. The minimum Gasteiger partial charge on any atom is -0.496 e. The van der Waals surface area contributed by atoms with Crippen molar-refractivity contribution in [2.75, 3.05) is 41.0 Å². The molecule has 31 heavy (non-hydrogen) atoms. The predicted molar refractivity (Wildman–Crippen MR) is 115 cm³/mol. The lowest BCUT2D eigenvalue weighted by atomic mass is 9.91. The van der Waals surface area contributed by atoms with Crippen LogP contribution in [0.4, 0.5) is 18.9 Å². The maximum absolute atomic E-state index is 13.9. The third kappa shape index (κ3) is 7.36. The molecule has 9 heteroatoms. The summed E-state index contributed by atoms with van der Waals surface area (Å²) in [7, 11) is 4.66. The van der Waals surface area contributed by atoms with Gasteiger partial charge in [0.25, 0.3) is 0 Å². The molecular weight excluding hydrogens is 413 g/mol. The minimum atomic E-state index is -4.97. The normalized spacial score (nSPS) is 14.7. The summed E-state index contributed by atoms with van der Waals surface area (Å²) >= 11 is 0. The highest BCUT2D eigenvalue weighted by Gasteiger charge is 2.56. The number of alkyl halides is 3. The van der Waals surface area contributed by atoms with Gasteiger partial charge in [-0.25, -0.2) is 4.99 Å². The summed E-state index contributed by atoms with van der Waals surface area (Å²) in [6.45, 7) is 7.18. The van der Waals surface area contributed by atoms with E-state index < -0.39 is 29.5 Å². The fourth-order valence-corrected chi connectivity index (χ4v) is 2.79. The van der Waals surface area contributed by atoms with Gasteiger partial charge in [0.15, 0.2) is 0 Å². The number of hydrogen-bond donors (Lipinski definition) is 1. The summed E-state index contributed by atoms with van der Waals surface area (Å²) in [4.78, 5) is 6.13. The van der Waals surface area contributed by atoms with Crippen molar-refractivity contribution < 1.29 is 32.5 Å². The summed E-state index contributed by atoms with van der Waals surface area (Å²) in [6.07, 6.45) is -2.29. The van der Waals surface area contributed by atoms with Crippen LogP contribution in [0.25, 0.3) is 0 Å². The van der Waals surface area contributed by atoms with Gasteiger partial charge in [-0.15, -0.1) is 0 Å². The van der Waals surface area contributed by atoms with Gasteiger partial charge < -0.3 is 24.2 Å². The Balaban J connectivity index is 3.15. The van der Waals surface area contributed by atoms with Crippen molar-refractivity contribution >= 4 is 12.0 Å². The Kier molecular flexibility index (Phi) is 9.78. The van der Waals surface area contributed by atoms with Crippen molar-refractivity contribution in [3.63, 3.8) is 0 Å². The average molecular weight is 449 g/mol. The maximum atomic E-state index is 13.9. The number of hydrogen-bond acceptors (Lipinski definition) is 5. The van der Waals surface area contributed by atoms with Gasteiger partial charge in [-0.2, -0.15) is 13.2 Å². The number of ether oxygens (including phenoxy) is 3. The van der Waals surface area contributed by atoms with E-state index in [4.69, 9.17) is 14.2 Å². The van der Waals surface area contributed by atoms with E-state index >= 15 is 0 Å². The molecule has 1 aromatic carbocycles. The second kappa shape index (κ2) is 11.2. The van der Waals surface area contributed by atoms with Crippen LogP contribution in [0.5, 0.6) is 5.75 Å². The van der Waals surface area contributed by atoms with E-state index in [0.29, 0.717) is 24.1 Å². The molecule has 0 saturated heterocycles. The number of methoxy groups -OCH3 is 2. The van der Waals surface area contributed by atoms with Crippen molar-refractivity contribution in [3.8, 4) is 5.75 Å². The second-order valence-electron chi connectivity index (χ2n) is 8.13. The average Bonchev–Trinajstić information content (AvgIpc) is 2.70.